The zero-order valence-corrected chi connectivity index (χ0v) is 14.1. The lowest BCUT2D eigenvalue weighted by Crippen LogP contribution is -2.32. The minimum Gasteiger partial charge on any atom is -0.305 e. The Kier molecular flexibility index (Phi) is 4.06. The van der Waals surface area contributed by atoms with Gasteiger partial charge in [0.2, 0.25) is 0 Å². The van der Waals surface area contributed by atoms with E-state index in [9.17, 15) is 0 Å². The second-order valence-corrected chi connectivity index (χ2v) is 8.68. The molecule has 0 amide bonds. The van der Waals surface area contributed by atoms with Crippen LogP contribution in [0.2, 0.25) is 0 Å². The normalized spacial score (nSPS) is 30.9. The summed E-state index contributed by atoms with van der Waals surface area (Å²) in [5.41, 5.74) is 1.44. The molecule has 3 aliphatic rings. The van der Waals surface area contributed by atoms with Crippen molar-refractivity contribution in [2.24, 2.45) is 11.8 Å². The fraction of sp³-hybridized carbons (Fsp3) is 0.833. The highest BCUT2D eigenvalue weighted by atomic mass is 32.1. The fourth-order valence-corrected chi connectivity index (χ4v) is 5.34. The highest BCUT2D eigenvalue weighted by Gasteiger charge is 2.34. The number of hydrogen-bond donors (Lipinski definition) is 1. The van der Waals surface area contributed by atoms with Gasteiger partial charge in [-0.25, -0.2) is 4.98 Å². The topological polar surface area (TPSA) is 24.9 Å². The van der Waals surface area contributed by atoms with E-state index < -0.39 is 0 Å². The number of thiazole rings is 1. The Morgan fingerprint density at radius 3 is 2.52 bits per heavy atom. The molecular formula is C18H28N2S. The molecule has 1 unspecified atom stereocenters. The molecule has 1 atom stereocenters. The third-order valence-corrected chi connectivity index (χ3v) is 6.89. The molecule has 0 spiro atoms. The van der Waals surface area contributed by atoms with Crippen molar-refractivity contribution in [1.82, 2.24) is 10.3 Å². The summed E-state index contributed by atoms with van der Waals surface area (Å²) < 4.78 is 0. The molecule has 0 bridgehead atoms. The summed E-state index contributed by atoms with van der Waals surface area (Å²) >= 11 is 2.03. The minimum absolute atomic E-state index is 0.556. The van der Waals surface area contributed by atoms with E-state index in [-0.39, 0.29) is 0 Å². The lowest BCUT2D eigenvalue weighted by atomic mass is 9.79. The Hall–Kier alpha value is -0.410. The van der Waals surface area contributed by atoms with E-state index in [4.69, 9.17) is 4.98 Å². The van der Waals surface area contributed by atoms with E-state index in [1.54, 1.807) is 4.88 Å². The Bertz CT molecular complexity index is 460. The van der Waals surface area contributed by atoms with E-state index in [0.29, 0.717) is 6.04 Å². The van der Waals surface area contributed by atoms with E-state index >= 15 is 0 Å². The van der Waals surface area contributed by atoms with Gasteiger partial charge in [-0.3, -0.25) is 0 Å². The maximum atomic E-state index is 5.08. The van der Waals surface area contributed by atoms with Crippen LogP contribution in [0.1, 0.15) is 79.9 Å². The third kappa shape index (κ3) is 3.19. The van der Waals surface area contributed by atoms with Crippen molar-refractivity contribution in [3.63, 3.8) is 0 Å². The number of aryl methyl sites for hydroxylation is 2. The van der Waals surface area contributed by atoms with Gasteiger partial charge in [0.25, 0.3) is 0 Å². The van der Waals surface area contributed by atoms with Crippen molar-refractivity contribution in [3.8, 4) is 0 Å². The van der Waals surface area contributed by atoms with Crippen molar-refractivity contribution >= 4 is 11.3 Å². The summed E-state index contributed by atoms with van der Waals surface area (Å²) in [5, 5.41) is 5.37. The van der Waals surface area contributed by atoms with Crippen molar-refractivity contribution < 1.29 is 0 Å². The van der Waals surface area contributed by atoms with Gasteiger partial charge in [0, 0.05) is 10.9 Å². The van der Waals surface area contributed by atoms with Crippen LogP contribution >= 0.6 is 11.3 Å². The number of nitrogens with zero attached hydrogens (tertiary/aromatic N) is 1. The first-order chi connectivity index (χ1) is 10.3. The Labute approximate surface area is 132 Å². The van der Waals surface area contributed by atoms with E-state index in [1.165, 1.54) is 74.9 Å². The lowest BCUT2D eigenvalue weighted by molar-refractivity contribution is 0.229. The Morgan fingerprint density at radius 1 is 1.05 bits per heavy atom. The highest BCUT2D eigenvalue weighted by Crippen LogP contribution is 2.41. The van der Waals surface area contributed by atoms with Crippen LogP contribution in [0.25, 0.3) is 0 Å². The molecule has 1 N–H and O–H groups in total. The first-order valence-electron chi connectivity index (χ1n) is 9.04. The van der Waals surface area contributed by atoms with Crippen molar-refractivity contribution in [1.29, 1.82) is 0 Å². The van der Waals surface area contributed by atoms with Crippen molar-refractivity contribution in [2.45, 2.75) is 83.2 Å². The zero-order valence-electron chi connectivity index (χ0n) is 13.2. The Balaban J connectivity index is 1.54. The second-order valence-electron chi connectivity index (χ2n) is 7.57. The zero-order chi connectivity index (χ0) is 14.2. The van der Waals surface area contributed by atoms with Crippen LogP contribution < -0.4 is 5.32 Å². The average molecular weight is 305 g/mol. The minimum atomic E-state index is 0.556. The maximum absolute atomic E-state index is 5.08. The van der Waals surface area contributed by atoms with Crippen LogP contribution in [0, 0.1) is 11.8 Å². The predicted octanol–water partition coefficient (Wildman–Crippen LogP) is 4.64. The molecule has 3 aliphatic carbocycles. The molecule has 21 heavy (non-hydrogen) atoms. The fourth-order valence-electron chi connectivity index (χ4n) is 4.04. The molecule has 1 heterocycles. The van der Waals surface area contributed by atoms with Crippen molar-refractivity contribution in [2.75, 3.05) is 0 Å². The molecule has 0 aliphatic heterocycles. The van der Waals surface area contributed by atoms with Crippen LogP contribution in [0.4, 0.5) is 0 Å². The summed E-state index contributed by atoms with van der Waals surface area (Å²) in [6, 6.07) is 1.34. The highest BCUT2D eigenvalue weighted by molar-refractivity contribution is 7.11. The summed E-state index contributed by atoms with van der Waals surface area (Å²) in [4.78, 5) is 6.68. The summed E-state index contributed by atoms with van der Waals surface area (Å²) in [7, 11) is 0. The number of aromatic nitrogens is 1. The summed E-state index contributed by atoms with van der Waals surface area (Å²) in [6.07, 6.45) is 13.6. The van der Waals surface area contributed by atoms with Gasteiger partial charge in [0.1, 0.15) is 5.01 Å². The van der Waals surface area contributed by atoms with E-state index in [1.807, 2.05) is 11.3 Å². The smallest absolute Gasteiger partial charge is 0.110 e. The molecule has 0 aromatic carbocycles. The van der Waals surface area contributed by atoms with Gasteiger partial charge in [0.05, 0.1) is 11.7 Å². The van der Waals surface area contributed by atoms with Gasteiger partial charge in [-0.2, -0.15) is 0 Å². The molecule has 116 valence electrons. The van der Waals surface area contributed by atoms with Crippen LogP contribution in [0.3, 0.4) is 0 Å². The van der Waals surface area contributed by atoms with Gasteiger partial charge in [-0.05, 0) is 63.2 Å². The number of rotatable bonds is 4. The molecular weight excluding hydrogens is 276 g/mol. The summed E-state index contributed by atoms with van der Waals surface area (Å²) in [6.45, 7) is 2.42. The molecule has 2 saturated carbocycles. The van der Waals surface area contributed by atoms with Gasteiger partial charge < -0.3 is 5.32 Å². The maximum Gasteiger partial charge on any atom is 0.110 e. The van der Waals surface area contributed by atoms with Crippen LogP contribution in [-0.2, 0) is 12.8 Å². The first kappa shape index (κ1) is 14.2. The molecule has 2 fully saturated rings. The van der Waals surface area contributed by atoms with Gasteiger partial charge >= 0.3 is 0 Å². The van der Waals surface area contributed by atoms with Gasteiger partial charge in [0.15, 0.2) is 0 Å². The van der Waals surface area contributed by atoms with Crippen LogP contribution in [0.5, 0.6) is 0 Å². The largest absolute Gasteiger partial charge is 0.305 e. The number of nitrogens with one attached hydrogen (secondary N) is 1. The second kappa shape index (κ2) is 6.00. The molecule has 1 aromatic rings. The standard InChI is InChI=1S/C18H28N2S/c1-12-6-8-13(9-7-12)17(19-14-10-11-14)18-20-15-4-2-3-5-16(15)21-18/h12-14,17,19H,2-11H2,1H3. The molecule has 0 radical (unpaired) electrons. The monoisotopic (exact) mass is 304 g/mol. The lowest BCUT2D eigenvalue weighted by Gasteiger charge is -2.32. The first-order valence-corrected chi connectivity index (χ1v) is 9.86. The summed E-state index contributed by atoms with van der Waals surface area (Å²) in [5.74, 6) is 1.77. The SMILES string of the molecule is CC1CCC(C(NC2CC2)c2nc3c(s2)CCCC3)CC1. The van der Waals surface area contributed by atoms with E-state index in [0.717, 1.165) is 17.9 Å². The molecule has 3 heteroatoms. The van der Waals surface area contributed by atoms with Crippen LogP contribution in [0.15, 0.2) is 0 Å². The van der Waals surface area contributed by atoms with Crippen LogP contribution in [-0.4, -0.2) is 11.0 Å². The molecule has 0 saturated heterocycles. The quantitative estimate of drug-likeness (QED) is 0.876. The number of hydrogen-bond acceptors (Lipinski definition) is 3. The van der Waals surface area contributed by atoms with Gasteiger partial charge in [-0.1, -0.05) is 19.8 Å². The average Bonchev–Trinajstić information content (AvgIpc) is 3.22. The molecule has 4 rings (SSSR count). The Morgan fingerprint density at radius 2 is 1.81 bits per heavy atom. The van der Waals surface area contributed by atoms with Crippen molar-refractivity contribution in [3.05, 3.63) is 15.6 Å². The predicted molar refractivity (Wildman–Crippen MR) is 88.8 cm³/mol. The van der Waals surface area contributed by atoms with E-state index in [2.05, 4.69) is 12.2 Å². The number of fused-ring (bicyclic) bond motifs is 1. The molecule has 2 nitrogen and oxygen atoms in total. The van der Waals surface area contributed by atoms with Gasteiger partial charge in [-0.15, -0.1) is 11.3 Å². The molecule has 1 aromatic heterocycles. The third-order valence-electron chi connectivity index (χ3n) is 5.65.